The molecule has 0 aromatic carbocycles. The molecule has 1 aliphatic heterocycles. The predicted octanol–water partition coefficient (Wildman–Crippen LogP) is 4.06. The molecular formula is C18H36N2. The summed E-state index contributed by atoms with van der Waals surface area (Å²) in [4.78, 5) is 2.81. The second-order valence-corrected chi connectivity index (χ2v) is 8.11. The molecule has 0 bridgehead atoms. The number of nitrogens with one attached hydrogen (secondary N) is 1. The van der Waals surface area contributed by atoms with Gasteiger partial charge in [0, 0.05) is 12.1 Å². The maximum atomic E-state index is 3.60. The highest BCUT2D eigenvalue weighted by atomic mass is 15.2. The molecule has 1 N–H and O–H groups in total. The quantitative estimate of drug-likeness (QED) is 0.835. The van der Waals surface area contributed by atoms with Gasteiger partial charge in [0.2, 0.25) is 0 Å². The van der Waals surface area contributed by atoms with Crippen LogP contribution in [0.4, 0.5) is 0 Å². The molecule has 0 radical (unpaired) electrons. The summed E-state index contributed by atoms with van der Waals surface area (Å²) in [6, 6.07) is 1.47. The van der Waals surface area contributed by atoms with Crippen LogP contribution in [0.15, 0.2) is 0 Å². The van der Waals surface area contributed by atoms with Crippen LogP contribution in [0.1, 0.15) is 72.6 Å². The van der Waals surface area contributed by atoms with E-state index < -0.39 is 0 Å². The molecule has 2 nitrogen and oxygen atoms in total. The normalized spacial score (nSPS) is 34.0. The SMILES string of the molecule is CCC1(CC)CCN(C2CC(C)(C)CCC2NC)CC1. The van der Waals surface area contributed by atoms with E-state index in [2.05, 4.69) is 45.0 Å². The zero-order chi connectivity index (χ0) is 14.8. The molecule has 1 saturated carbocycles. The third-order valence-corrected chi connectivity index (χ3v) is 6.56. The second-order valence-electron chi connectivity index (χ2n) is 8.11. The molecule has 1 aliphatic carbocycles. The molecule has 0 spiro atoms. The first-order valence-corrected chi connectivity index (χ1v) is 8.86. The Morgan fingerprint density at radius 3 is 2.15 bits per heavy atom. The van der Waals surface area contributed by atoms with E-state index in [4.69, 9.17) is 0 Å². The van der Waals surface area contributed by atoms with E-state index in [0.717, 1.165) is 6.04 Å². The number of rotatable bonds is 4. The fraction of sp³-hybridized carbons (Fsp3) is 1.00. The average molecular weight is 281 g/mol. The molecule has 2 rings (SSSR count). The molecule has 2 fully saturated rings. The summed E-state index contributed by atoms with van der Waals surface area (Å²) in [5.74, 6) is 0. The van der Waals surface area contributed by atoms with Gasteiger partial charge in [-0.15, -0.1) is 0 Å². The van der Waals surface area contributed by atoms with Gasteiger partial charge in [0.05, 0.1) is 0 Å². The highest BCUT2D eigenvalue weighted by molar-refractivity contribution is 4.96. The fourth-order valence-electron chi connectivity index (χ4n) is 4.56. The summed E-state index contributed by atoms with van der Waals surface area (Å²) in [5.41, 5.74) is 1.18. The Morgan fingerprint density at radius 1 is 1.05 bits per heavy atom. The minimum absolute atomic E-state index is 0.530. The van der Waals surface area contributed by atoms with Gasteiger partial charge in [0.25, 0.3) is 0 Å². The van der Waals surface area contributed by atoms with E-state index in [-0.39, 0.29) is 0 Å². The molecule has 0 amide bonds. The van der Waals surface area contributed by atoms with Crippen molar-refractivity contribution in [3.63, 3.8) is 0 Å². The number of hydrogen-bond acceptors (Lipinski definition) is 2. The molecule has 0 aromatic heterocycles. The van der Waals surface area contributed by atoms with E-state index in [1.165, 1.54) is 58.0 Å². The highest BCUT2D eigenvalue weighted by Gasteiger charge is 2.40. The third-order valence-electron chi connectivity index (χ3n) is 6.56. The summed E-state index contributed by atoms with van der Waals surface area (Å²) >= 11 is 0. The van der Waals surface area contributed by atoms with E-state index in [1.807, 2.05) is 0 Å². The Labute approximate surface area is 126 Å². The Morgan fingerprint density at radius 2 is 1.65 bits per heavy atom. The van der Waals surface area contributed by atoms with Gasteiger partial charge < -0.3 is 5.32 Å². The van der Waals surface area contributed by atoms with Crippen molar-refractivity contribution in [1.82, 2.24) is 10.2 Å². The van der Waals surface area contributed by atoms with Gasteiger partial charge in [0.15, 0.2) is 0 Å². The number of piperidine rings is 1. The van der Waals surface area contributed by atoms with Crippen LogP contribution in [0.25, 0.3) is 0 Å². The zero-order valence-electron chi connectivity index (χ0n) is 14.5. The minimum atomic E-state index is 0.530. The summed E-state index contributed by atoms with van der Waals surface area (Å²) < 4.78 is 0. The third kappa shape index (κ3) is 3.39. The van der Waals surface area contributed by atoms with E-state index in [0.29, 0.717) is 16.9 Å². The van der Waals surface area contributed by atoms with Crippen LogP contribution in [0.5, 0.6) is 0 Å². The average Bonchev–Trinajstić information content (AvgIpc) is 2.46. The molecule has 2 atom stereocenters. The molecule has 118 valence electrons. The Balaban J connectivity index is 2.00. The maximum Gasteiger partial charge on any atom is 0.0254 e. The Hall–Kier alpha value is -0.0800. The van der Waals surface area contributed by atoms with E-state index >= 15 is 0 Å². The number of hydrogen-bond donors (Lipinski definition) is 1. The van der Waals surface area contributed by atoms with Crippen molar-refractivity contribution in [3.05, 3.63) is 0 Å². The lowest BCUT2D eigenvalue weighted by molar-refractivity contribution is 0.0152. The molecule has 20 heavy (non-hydrogen) atoms. The Kier molecular flexibility index (Phi) is 5.18. The largest absolute Gasteiger partial charge is 0.315 e. The summed E-state index contributed by atoms with van der Waals surface area (Å²) in [5, 5.41) is 3.60. The Bertz CT molecular complexity index is 297. The molecular weight excluding hydrogens is 244 g/mol. The van der Waals surface area contributed by atoms with E-state index in [9.17, 15) is 0 Å². The maximum absolute atomic E-state index is 3.60. The van der Waals surface area contributed by atoms with Crippen molar-refractivity contribution >= 4 is 0 Å². The summed E-state index contributed by atoms with van der Waals surface area (Å²) in [7, 11) is 2.16. The fourth-order valence-corrected chi connectivity index (χ4v) is 4.56. The molecule has 0 aromatic rings. The van der Waals surface area contributed by atoms with Gasteiger partial charge in [-0.25, -0.2) is 0 Å². The standard InChI is InChI=1S/C18H36N2/c1-6-18(7-2)10-12-20(13-11-18)16-14-17(3,4)9-8-15(16)19-5/h15-16,19H,6-14H2,1-5H3. The van der Waals surface area contributed by atoms with Crippen LogP contribution < -0.4 is 5.32 Å². The number of nitrogens with zero attached hydrogens (tertiary/aromatic N) is 1. The molecule has 2 unspecified atom stereocenters. The molecule has 2 heteroatoms. The summed E-state index contributed by atoms with van der Waals surface area (Å²) in [6.45, 7) is 12.3. The van der Waals surface area contributed by atoms with Gasteiger partial charge >= 0.3 is 0 Å². The first-order chi connectivity index (χ1) is 9.45. The van der Waals surface area contributed by atoms with Crippen LogP contribution >= 0.6 is 0 Å². The lowest BCUT2D eigenvalue weighted by Crippen LogP contribution is -2.56. The zero-order valence-corrected chi connectivity index (χ0v) is 14.5. The minimum Gasteiger partial charge on any atom is -0.315 e. The monoisotopic (exact) mass is 280 g/mol. The number of likely N-dealkylation sites (N-methyl/N-ethyl adjacent to an activating group) is 1. The topological polar surface area (TPSA) is 15.3 Å². The van der Waals surface area contributed by atoms with Crippen LogP contribution in [0.2, 0.25) is 0 Å². The van der Waals surface area contributed by atoms with Crippen LogP contribution in [0.3, 0.4) is 0 Å². The molecule has 1 saturated heterocycles. The lowest BCUT2D eigenvalue weighted by Gasteiger charge is -2.50. The second kappa shape index (κ2) is 6.36. The van der Waals surface area contributed by atoms with Gasteiger partial charge in [-0.3, -0.25) is 4.90 Å². The van der Waals surface area contributed by atoms with Gasteiger partial charge in [-0.2, -0.15) is 0 Å². The van der Waals surface area contributed by atoms with Crippen LogP contribution in [-0.4, -0.2) is 37.1 Å². The van der Waals surface area contributed by atoms with Crippen molar-refractivity contribution in [2.75, 3.05) is 20.1 Å². The predicted molar refractivity (Wildman–Crippen MR) is 88.1 cm³/mol. The van der Waals surface area contributed by atoms with Crippen molar-refractivity contribution in [2.45, 2.75) is 84.7 Å². The summed E-state index contributed by atoms with van der Waals surface area (Å²) in [6.07, 6.45) is 9.63. The van der Waals surface area contributed by atoms with Crippen molar-refractivity contribution in [2.24, 2.45) is 10.8 Å². The van der Waals surface area contributed by atoms with Crippen molar-refractivity contribution in [3.8, 4) is 0 Å². The van der Waals surface area contributed by atoms with Gasteiger partial charge in [-0.1, -0.05) is 40.5 Å². The lowest BCUT2D eigenvalue weighted by atomic mass is 9.70. The van der Waals surface area contributed by atoms with Gasteiger partial charge in [0.1, 0.15) is 0 Å². The van der Waals surface area contributed by atoms with Crippen LogP contribution in [-0.2, 0) is 0 Å². The van der Waals surface area contributed by atoms with Gasteiger partial charge in [-0.05, 0) is 63.1 Å². The molecule has 2 aliphatic rings. The highest BCUT2D eigenvalue weighted by Crippen LogP contribution is 2.42. The smallest absolute Gasteiger partial charge is 0.0254 e. The molecule has 1 heterocycles. The number of likely N-dealkylation sites (tertiary alicyclic amines) is 1. The van der Waals surface area contributed by atoms with Crippen LogP contribution in [0, 0.1) is 10.8 Å². The first-order valence-electron chi connectivity index (χ1n) is 8.86. The first kappa shape index (κ1) is 16.3. The van der Waals surface area contributed by atoms with Crippen molar-refractivity contribution in [1.29, 1.82) is 0 Å². The van der Waals surface area contributed by atoms with Crippen molar-refractivity contribution < 1.29 is 0 Å². The van der Waals surface area contributed by atoms with E-state index in [1.54, 1.807) is 0 Å².